The van der Waals surface area contributed by atoms with Crippen LogP contribution in [-0.2, 0) is 19.5 Å². The Labute approximate surface area is 187 Å². The highest BCUT2D eigenvalue weighted by Gasteiger charge is 2.24. The molecule has 162 valence electrons. The van der Waals surface area contributed by atoms with E-state index in [1.165, 1.54) is 6.42 Å². The number of hydrogen-bond acceptors (Lipinski definition) is 4. The Hall–Kier alpha value is -3.06. The summed E-state index contributed by atoms with van der Waals surface area (Å²) in [5, 5.41) is 12.4. The summed E-state index contributed by atoms with van der Waals surface area (Å²) in [6.07, 6.45) is 4.29. The topological polar surface area (TPSA) is 72.3 Å². The smallest absolute Gasteiger partial charge is 0.326 e. The van der Waals surface area contributed by atoms with Gasteiger partial charge in [0.25, 0.3) is 0 Å². The minimum atomic E-state index is -0.280. The Balaban J connectivity index is 1.69. The van der Waals surface area contributed by atoms with E-state index in [-0.39, 0.29) is 12.6 Å². The van der Waals surface area contributed by atoms with Crippen molar-refractivity contribution >= 4 is 29.0 Å². The first-order chi connectivity index (χ1) is 15.0. The van der Waals surface area contributed by atoms with Crippen molar-refractivity contribution < 1.29 is 9.53 Å². The molecule has 0 aliphatic carbocycles. The van der Waals surface area contributed by atoms with Crippen LogP contribution in [0.1, 0.15) is 36.5 Å². The number of urea groups is 1. The van der Waals surface area contributed by atoms with Gasteiger partial charge in [-0.25, -0.2) is 4.79 Å². The lowest BCUT2D eigenvalue weighted by Gasteiger charge is -2.25. The van der Waals surface area contributed by atoms with Gasteiger partial charge >= 0.3 is 6.03 Å². The van der Waals surface area contributed by atoms with E-state index < -0.39 is 0 Å². The number of hydrogen-bond donors (Lipinski definition) is 1. The molecule has 0 bridgehead atoms. The van der Waals surface area contributed by atoms with Crippen molar-refractivity contribution in [3.05, 3.63) is 64.7 Å². The second-order valence-corrected chi connectivity index (χ2v) is 8.13. The van der Waals surface area contributed by atoms with E-state index in [9.17, 15) is 4.79 Å². The van der Waals surface area contributed by atoms with Gasteiger partial charge in [-0.15, -0.1) is 10.2 Å². The predicted molar refractivity (Wildman–Crippen MR) is 122 cm³/mol. The Morgan fingerprint density at radius 2 is 1.97 bits per heavy atom. The van der Waals surface area contributed by atoms with Gasteiger partial charge in [0.05, 0.1) is 19.3 Å². The number of aromatic nitrogens is 3. The Bertz CT molecular complexity index is 1060. The van der Waals surface area contributed by atoms with Crippen molar-refractivity contribution in [3.63, 3.8) is 0 Å². The molecule has 1 aromatic heterocycles. The normalized spacial score (nSPS) is 13.3. The van der Waals surface area contributed by atoms with E-state index in [1.54, 1.807) is 36.3 Å². The molecule has 2 amide bonds. The molecule has 4 rings (SSSR count). The minimum Gasteiger partial charge on any atom is -0.495 e. The molecule has 0 saturated carbocycles. The molecular formula is C23H26ClN5O2. The van der Waals surface area contributed by atoms with Crippen LogP contribution in [0.2, 0.25) is 5.02 Å². The van der Waals surface area contributed by atoms with Crippen LogP contribution in [0.4, 0.5) is 16.2 Å². The Kier molecular flexibility index (Phi) is 6.42. The molecule has 1 N–H and O–H groups in total. The van der Waals surface area contributed by atoms with E-state index in [4.69, 9.17) is 16.3 Å². The molecule has 31 heavy (non-hydrogen) atoms. The number of halogens is 1. The van der Waals surface area contributed by atoms with E-state index in [2.05, 4.69) is 20.1 Å². The number of carbonyl (C=O) groups excluding carboxylic acids is 1. The average molecular weight is 440 g/mol. The molecule has 8 heteroatoms. The summed E-state index contributed by atoms with van der Waals surface area (Å²) in [7, 11) is 1.60. The number of nitrogens with zero attached hydrogens (tertiary/aromatic N) is 4. The summed E-state index contributed by atoms with van der Waals surface area (Å²) >= 11 is 5.98. The van der Waals surface area contributed by atoms with E-state index in [1.807, 2.05) is 25.1 Å². The van der Waals surface area contributed by atoms with Crippen LogP contribution in [0.15, 0.2) is 42.5 Å². The van der Waals surface area contributed by atoms with Gasteiger partial charge in [-0.2, -0.15) is 0 Å². The van der Waals surface area contributed by atoms with Crippen molar-refractivity contribution in [1.82, 2.24) is 14.8 Å². The molecule has 0 unspecified atom stereocenters. The maximum atomic E-state index is 13.4. The van der Waals surface area contributed by atoms with E-state index >= 15 is 0 Å². The lowest BCUT2D eigenvalue weighted by molar-refractivity contribution is 0.256. The van der Waals surface area contributed by atoms with Crippen molar-refractivity contribution in [3.8, 4) is 5.75 Å². The average Bonchev–Trinajstić information content (AvgIpc) is 2.99. The van der Waals surface area contributed by atoms with Gasteiger partial charge in [0, 0.05) is 23.7 Å². The van der Waals surface area contributed by atoms with Crippen LogP contribution in [0.3, 0.4) is 0 Å². The third-order valence-corrected chi connectivity index (χ3v) is 5.70. The third kappa shape index (κ3) is 4.82. The van der Waals surface area contributed by atoms with Gasteiger partial charge in [0.2, 0.25) is 0 Å². The SMILES string of the molecule is COc1ccc(C)cc1N(Cc1nnc2n1CCCCC2)C(=O)Nc1ccc(Cl)cc1. The van der Waals surface area contributed by atoms with Crippen LogP contribution in [0.5, 0.6) is 5.75 Å². The van der Waals surface area contributed by atoms with Crippen molar-refractivity contribution in [1.29, 1.82) is 0 Å². The monoisotopic (exact) mass is 439 g/mol. The van der Waals surface area contributed by atoms with Crippen LogP contribution in [0, 0.1) is 6.92 Å². The number of amides is 2. The molecule has 7 nitrogen and oxygen atoms in total. The quantitative estimate of drug-likeness (QED) is 0.592. The molecule has 3 aromatic rings. The second kappa shape index (κ2) is 9.39. The molecule has 0 atom stereocenters. The highest BCUT2D eigenvalue weighted by Crippen LogP contribution is 2.31. The van der Waals surface area contributed by atoms with Gasteiger partial charge < -0.3 is 14.6 Å². The fourth-order valence-corrected chi connectivity index (χ4v) is 3.93. The summed E-state index contributed by atoms with van der Waals surface area (Å²) < 4.78 is 7.72. The molecule has 0 saturated heterocycles. The van der Waals surface area contributed by atoms with Crippen molar-refractivity contribution in [2.75, 3.05) is 17.3 Å². The minimum absolute atomic E-state index is 0.280. The first kappa shape index (κ1) is 21.2. The molecule has 0 radical (unpaired) electrons. The Morgan fingerprint density at radius 1 is 1.16 bits per heavy atom. The van der Waals surface area contributed by atoms with Gasteiger partial charge in [-0.05, 0) is 61.7 Å². The van der Waals surface area contributed by atoms with Gasteiger partial charge in [-0.3, -0.25) is 4.90 Å². The zero-order chi connectivity index (χ0) is 21.8. The first-order valence-corrected chi connectivity index (χ1v) is 10.8. The number of ether oxygens (including phenoxy) is 1. The van der Waals surface area contributed by atoms with E-state index in [0.29, 0.717) is 22.1 Å². The fourth-order valence-electron chi connectivity index (χ4n) is 3.81. The summed E-state index contributed by atoms with van der Waals surface area (Å²) in [6.45, 7) is 3.14. The highest BCUT2D eigenvalue weighted by atomic mass is 35.5. The number of benzene rings is 2. The molecule has 2 heterocycles. The number of carbonyl (C=O) groups is 1. The molecule has 2 aromatic carbocycles. The third-order valence-electron chi connectivity index (χ3n) is 5.45. The maximum Gasteiger partial charge on any atom is 0.326 e. The lowest BCUT2D eigenvalue weighted by atomic mass is 10.2. The number of methoxy groups -OCH3 is 1. The second-order valence-electron chi connectivity index (χ2n) is 7.69. The number of anilines is 2. The van der Waals surface area contributed by atoms with Crippen LogP contribution in [0.25, 0.3) is 0 Å². The summed E-state index contributed by atoms with van der Waals surface area (Å²) in [6, 6.07) is 12.5. The molecule has 0 fully saturated rings. The standard InChI is InChI=1S/C23H26ClN5O2/c1-16-7-12-20(31-2)19(14-16)29(23(30)25-18-10-8-17(24)9-11-18)15-22-27-26-21-6-4-3-5-13-28(21)22/h7-12,14H,3-6,13,15H2,1-2H3,(H,25,30). The van der Waals surface area contributed by atoms with Crippen LogP contribution < -0.4 is 15.0 Å². The van der Waals surface area contributed by atoms with Crippen molar-refractivity contribution in [2.24, 2.45) is 0 Å². The van der Waals surface area contributed by atoms with Gasteiger partial charge in [0.1, 0.15) is 11.6 Å². The maximum absolute atomic E-state index is 13.4. The molecule has 1 aliphatic rings. The van der Waals surface area contributed by atoms with E-state index in [0.717, 1.165) is 43.0 Å². The summed E-state index contributed by atoms with van der Waals surface area (Å²) in [4.78, 5) is 15.1. The summed E-state index contributed by atoms with van der Waals surface area (Å²) in [5.74, 6) is 2.38. The Morgan fingerprint density at radius 3 is 2.74 bits per heavy atom. The predicted octanol–water partition coefficient (Wildman–Crippen LogP) is 5.21. The van der Waals surface area contributed by atoms with Gasteiger partial charge in [-0.1, -0.05) is 24.1 Å². The number of rotatable bonds is 5. The zero-order valence-corrected chi connectivity index (χ0v) is 18.5. The van der Waals surface area contributed by atoms with Crippen molar-refractivity contribution in [2.45, 2.75) is 45.7 Å². The molecule has 1 aliphatic heterocycles. The molecular weight excluding hydrogens is 414 g/mol. The van der Waals surface area contributed by atoms with Crippen LogP contribution >= 0.6 is 11.6 Å². The van der Waals surface area contributed by atoms with Crippen LogP contribution in [-0.4, -0.2) is 27.9 Å². The first-order valence-electron chi connectivity index (χ1n) is 10.4. The highest BCUT2D eigenvalue weighted by molar-refractivity contribution is 6.30. The number of fused-ring (bicyclic) bond motifs is 1. The fraction of sp³-hybridized carbons (Fsp3) is 0.348. The molecule has 0 spiro atoms. The number of aryl methyl sites for hydroxylation is 2. The zero-order valence-electron chi connectivity index (χ0n) is 17.8. The number of nitrogens with one attached hydrogen (secondary N) is 1. The summed E-state index contributed by atoms with van der Waals surface area (Å²) in [5.41, 5.74) is 2.37. The van der Waals surface area contributed by atoms with Gasteiger partial charge in [0.15, 0.2) is 5.82 Å². The lowest BCUT2D eigenvalue weighted by Crippen LogP contribution is -2.36. The largest absolute Gasteiger partial charge is 0.495 e.